The SMILES string of the molecule is CCCN(CCC)C(=O)CCC(O)CN1CCCCC1.Cl. The van der Waals surface area contributed by atoms with Gasteiger partial charge in [-0.15, -0.1) is 12.4 Å². The number of halogens is 1. The first-order valence-electron chi connectivity index (χ1n) is 8.35. The number of likely N-dealkylation sites (tertiary alicyclic amines) is 1. The molecule has 126 valence electrons. The van der Waals surface area contributed by atoms with Crippen molar-refractivity contribution in [2.24, 2.45) is 0 Å². The largest absolute Gasteiger partial charge is 0.392 e. The van der Waals surface area contributed by atoms with E-state index in [2.05, 4.69) is 18.7 Å². The second-order valence-corrected chi connectivity index (χ2v) is 5.93. The van der Waals surface area contributed by atoms with Crippen molar-refractivity contribution in [3.05, 3.63) is 0 Å². The molecule has 1 N–H and O–H groups in total. The van der Waals surface area contributed by atoms with Gasteiger partial charge in [0.25, 0.3) is 0 Å². The van der Waals surface area contributed by atoms with Gasteiger partial charge in [-0.25, -0.2) is 0 Å². The van der Waals surface area contributed by atoms with Crippen LogP contribution in [0.1, 0.15) is 58.8 Å². The topological polar surface area (TPSA) is 43.8 Å². The molecule has 0 aromatic heterocycles. The zero-order chi connectivity index (χ0) is 14.8. The highest BCUT2D eigenvalue weighted by Gasteiger charge is 2.17. The summed E-state index contributed by atoms with van der Waals surface area (Å²) in [4.78, 5) is 16.4. The molecule has 5 heteroatoms. The highest BCUT2D eigenvalue weighted by molar-refractivity contribution is 5.85. The van der Waals surface area contributed by atoms with E-state index in [9.17, 15) is 9.90 Å². The van der Waals surface area contributed by atoms with Crippen LogP contribution in [-0.4, -0.2) is 59.6 Å². The molecule has 1 rings (SSSR count). The molecule has 4 nitrogen and oxygen atoms in total. The van der Waals surface area contributed by atoms with Crippen LogP contribution in [-0.2, 0) is 4.79 Å². The Morgan fingerprint density at radius 2 is 1.71 bits per heavy atom. The molecule has 1 aliphatic rings. The van der Waals surface area contributed by atoms with Gasteiger partial charge in [0.2, 0.25) is 5.91 Å². The Kier molecular flexibility index (Phi) is 12.1. The van der Waals surface area contributed by atoms with Crippen LogP contribution in [0.2, 0.25) is 0 Å². The molecule has 0 spiro atoms. The van der Waals surface area contributed by atoms with Gasteiger partial charge < -0.3 is 14.9 Å². The first-order chi connectivity index (χ1) is 9.67. The Balaban J connectivity index is 0.00000400. The first kappa shape index (κ1) is 20.7. The summed E-state index contributed by atoms with van der Waals surface area (Å²) in [6, 6.07) is 0. The van der Waals surface area contributed by atoms with E-state index in [0.29, 0.717) is 12.8 Å². The Hall–Kier alpha value is -0.320. The lowest BCUT2D eigenvalue weighted by Gasteiger charge is -2.28. The number of amides is 1. The predicted octanol–water partition coefficient (Wildman–Crippen LogP) is 2.68. The zero-order valence-corrected chi connectivity index (χ0v) is 14.5. The van der Waals surface area contributed by atoms with Crippen molar-refractivity contribution in [2.75, 3.05) is 32.7 Å². The van der Waals surface area contributed by atoms with Crippen molar-refractivity contribution in [1.29, 1.82) is 0 Å². The van der Waals surface area contributed by atoms with Gasteiger partial charge in [0.05, 0.1) is 6.10 Å². The Morgan fingerprint density at radius 3 is 2.24 bits per heavy atom. The summed E-state index contributed by atoms with van der Waals surface area (Å²) < 4.78 is 0. The Morgan fingerprint density at radius 1 is 1.14 bits per heavy atom. The summed E-state index contributed by atoms with van der Waals surface area (Å²) in [5.74, 6) is 0.200. The average Bonchev–Trinajstić information content (AvgIpc) is 2.45. The van der Waals surface area contributed by atoms with E-state index in [1.54, 1.807) is 0 Å². The maximum Gasteiger partial charge on any atom is 0.222 e. The number of β-amino-alcohol motifs (C(OH)–C–C–N with tert-alkyl or cyclic N) is 1. The number of carbonyl (C=O) groups excluding carboxylic acids is 1. The summed E-state index contributed by atoms with van der Waals surface area (Å²) in [5, 5.41) is 10.1. The van der Waals surface area contributed by atoms with Crippen LogP contribution in [0.3, 0.4) is 0 Å². The average molecular weight is 321 g/mol. The van der Waals surface area contributed by atoms with Crippen LogP contribution < -0.4 is 0 Å². The van der Waals surface area contributed by atoms with Crippen molar-refractivity contribution in [1.82, 2.24) is 9.80 Å². The molecular weight excluding hydrogens is 288 g/mol. The van der Waals surface area contributed by atoms with Gasteiger partial charge in [-0.1, -0.05) is 20.3 Å². The third kappa shape index (κ3) is 8.64. The summed E-state index contributed by atoms with van der Waals surface area (Å²) in [6.07, 6.45) is 6.52. The van der Waals surface area contributed by atoms with Crippen LogP contribution in [0.5, 0.6) is 0 Å². The number of aliphatic hydroxyl groups excluding tert-OH is 1. The van der Waals surface area contributed by atoms with Crippen molar-refractivity contribution in [3.63, 3.8) is 0 Å². The van der Waals surface area contributed by atoms with Gasteiger partial charge in [-0.3, -0.25) is 4.79 Å². The monoisotopic (exact) mass is 320 g/mol. The fraction of sp³-hybridized carbons (Fsp3) is 0.938. The van der Waals surface area contributed by atoms with Crippen LogP contribution in [0.25, 0.3) is 0 Å². The highest BCUT2D eigenvalue weighted by atomic mass is 35.5. The van der Waals surface area contributed by atoms with Gasteiger partial charge >= 0.3 is 0 Å². The Bertz CT molecular complexity index is 265. The van der Waals surface area contributed by atoms with Gasteiger partial charge in [0.15, 0.2) is 0 Å². The van der Waals surface area contributed by atoms with Crippen LogP contribution in [0.15, 0.2) is 0 Å². The number of nitrogens with zero attached hydrogens (tertiary/aromatic N) is 2. The first-order valence-corrected chi connectivity index (χ1v) is 8.35. The number of rotatable bonds is 9. The van der Waals surface area contributed by atoms with E-state index in [1.807, 2.05) is 4.90 Å². The quantitative estimate of drug-likeness (QED) is 0.710. The zero-order valence-electron chi connectivity index (χ0n) is 13.7. The molecular formula is C16H33ClN2O2. The maximum atomic E-state index is 12.1. The molecule has 0 radical (unpaired) electrons. The van der Waals surface area contributed by atoms with E-state index in [1.165, 1.54) is 19.3 Å². The molecule has 1 fully saturated rings. The van der Waals surface area contributed by atoms with Crippen molar-refractivity contribution < 1.29 is 9.90 Å². The molecule has 1 atom stereocenters. The molecule has 0 aromatic rings. The number of carbonyl (C=O) groups is 1. The van der Waals surface area contributed by atoms with Crippen molar-refractivity contribution in [3.8, 4) is 0 Å². The molecule has 0 bridgehead atoms. The smallest absolute Gasteiger partial charge is 0.222 e. The second-order valence-electron chi connectivity index (χ2n) is 5.93. The standard InChI is InChI=1S/C16H32N2O2.ClH/c1-3-10-18(11-4-2)16(20)9-8-15(19)14-17-12-6-5-7-13-17;/h15,19H,3-14H2,1-2H3;1H. The number of aliphatic hydroxyl groups is 1. The van der Waals surface area contributed by atoms with Crippen LogP contribution >= 0.6 is 12.4 Å². The lowest BCUT2D eigenvalue weighted by Crippen LogP contribution is -2.37. The van der Waals surface area contributed by atoms with Crippen molar-refractivity contribution in [2.45, 2.75) is 64.9 Å². The summed E-state index contributed by atoms with van der Waals surface area (Å²) in [7, 11) is 0. The van der Waals surface area contributed by atoms with Gasteiger partial charge in [0, 0.05) is 26.1 Å². The molecule has 0 aromatic carbocycles. The summed E-state index contributed by atoms with van der Waals surface area (Å²) in [5.41, 5.74) is 0. The molecule has 0 saturated carbocycles. The number of hydrogen-bond donors (Lipinski definition) is 1. The Labute approximate surface area is 136 Å². The third-order valence-corrected chi connectivity index (χ3v) is 3.95. The maximum absolute atomic E-state index is 12.1. The summed E-state index contributed by atoms with van der Waals surface area (Å²) >= 11 is 0. The van der Waals surface area contributed by atoms with E-state index in [0.717, 1.165) is 45.6 Å². The molecule has 1 unspecified atom stereocenters. The van der Waals surface area contributed by atoms with Crippen molar-refractivity contribution >= 4 is 18.3 Å². The molecule has 1 heterocycles. The fourth-order valence-corrected chi connectivity index (χ4v) is 2.88. The molecule has 1 amide bonds. The molecule has 0 aliphatic carbocycles. The molecule has 1 saturated heterocycles. The number of piperidine rings is 1. The van der Waals surface area contributed by atoms with E-state index in [4.69, 9.17) is 0 Å². The fourth-order valence-electron chi connectivity index (χ4n) is 2.88. The summed E-state index contributed by atoms with van der Waals surface area (Å²) in [6.45, 7) is 8.81. The van der Waals surface area contributed by atoms with Gasteiger partial charge in [-0.05, 0) is 45.2 Å². The third-order valence-electron chi connectivity index (χ3n) is 3.95. The van der Waals surface area contributed by atoms with E-state index < -0.39 is 0 Å². The van der Waals surface area contributed by atoms with E-state index >= 15 is 0 Å². The van der Waals surface area contributed by atoms with Crippen LogP contribution in [0.4, 0.5) is 0 Å². The minimum absolute atomic E-state index is 0. The lowest BCUT2D eigenvalue weighted by molar-refractivity contribution is -0.132. The highest BCUT2D eigenvalue weighted by Crippen LogP contribution is 2.11. The predicted molar refractivity (Wildman–Crippen MR) is 89.9 cm³/mol. The van der Waals surface area contributed by atoms with Gasteiger partial charge in [0.1, 0.15) is 0 Å². The molecule has 1 aliphatic heterocycles. The molecule has 21 heavy (non-hydrogen) atoms. The van der Waals surface area contributed by atoms with Crippen LogP contribution in [0, 0.1) is 0 Å². The second kappa shape index (κ2) is 12.2. The number of hydrogen-bond acceptors (Lipinski definition) is 3. The minimum atomic E-state index is -0.359. The minimum Gasteiger partial charge on any atom is -0.392 e. The van der Waals surface area contributed by atoms with E-state index in [-0.39, 0.29) is 24.4 Å². The lowest BCUT2D eigenvalue weighted by atomic mass is 10.1. The normalized spacial score (nSPS) is 17.1. The van der Waals surface area contributed by atoms with Gasteiger partial charge in [-0.2, -0.15) is 0 Å².